The lowest BCUT2D eigenvalue weighted by molar-refractivity contribution is 0.234. The third kappa shape index (κ3) is 3.08. The summed E-state index contributed by atoms with van der Waals surface area (Å²) >= 11 is 0. The summed E-state index contributed by atoms with van der Waals surface area (Å²) in [7, 11) is 0. The van der Waals surface area contributed by atoms with Gasteiger partial charge in [-0.2, -0.15) is 5.10 Å². The van der Waals surface area contributed by atoms with Crippen LogP contribution in [0.3, 0.4) is 0 Å². The number of benzene rings is 1. The van der Waals surface area contributed by atoms with Gasteiger partial charge in [-0.05, 0) is 44.2 Å². The Hall–Kier alpha value is -2.50. The van der Waals surface area contributed by atoms with E-state index in [0.29, 0.717) is 6.54 Å². The van der Waals surface area contributed by atoms with E-state index in [9.17, 15) is 4.79 Å². The molecule has 4 rings (SSSR count). The zero-order valence-corrected chi connectivity index (χ0v) is 14.5. The van der Waals surface area contributed by atoms with E-state index in [1.165, 1.54) is 11.1 Å². The monoisotopic (exact) mass is 340 g/mol. The lowest BCUT2D eigenvalue weighted by Gasteiger charge is -2.26. The Morgan fingerprint density at radius 2 is 2.32 bits per heavy atom. The molecule has 2 aromatic rings. The molecule has 6 nitrogen and oxygen atoms in total. The van der Waals surface area contributed by atoms with E-state index in [2.05, 4.69) is 26.9 Å². The molecule has 2 heterocycles. The van der Waals surface area contributed by atoms with Gasteiger partial charge in [-0.3, -0.25) is 5.10 Å². The first kappa shape index (κ1) is 16.0. The van der Waals surface area contributed by atoms with E-state index < -0.39 is 0 Å². The molecule has 1 aromatic heterocycles. The maximum Gasteiger partial charge on any atom is 0.315 e. The highest BCUT2D eigenvalue weighted by Gasteiger charge is 2.58. The molecule has 0 saturated heterocycles. The number of rotatable bonds is 5. The van der Waals surface area contributed by atoms with Gasteiger partial charge in [0.05, 0.1) is 12.8 Å². The molecular weight excluding hydrogens is 316 g/mol. The molecule has 1 spiro atoms. The Morgan fingerprint density at radius 3 is 3.16 bits per heavy atom. The number of hydrogen-bond acceptors (Lipinski definition) is 3. The van der Waals surface area contributed by atoms with Crippen molar-refractivity contribution in [2.24, 2.45) is 0 Å². The lowest BCUT2D eigenvalue weighted by Crippen LogP contribution is -2.40. The van der Waals surface area contributed by atoms with Crippen LogP contribution in [0.2, 0.25) is 0 Å². The van der Waals surface area contributed by atoms with E-state index >= 15 is 0 Å². The summed E-state index contributed by atoms with van der Waals surface area (Å²) < 4.78 is 5.74. The van der Waals surface area contributed by atoms with Gasteiger partial charge in [0.1, 0.15) is 5.75 Å². The largest absolute Gasteiger partial charge is 0.493 e. The van der Waals surface area contributed by atoms with Gasteiger partial charge in [0.15, 0.2) is 0 Å². The Morgan fingerprint density at radius 1 is 1.44 bits per heavy atom. The number of hydrogen-bond donors (Lipinski definition) is 3. The van der Waals surface area contributed by atoms with Crippen LogP contribution in [0.1, 0.15) is 36.1 Å². The topological polar surface area (TPSA) is 79.0 Å². The molecular formula is C19H24N4O2. The predicted molar refractivity (Wildman–Crippen MR) is 94.8 cm³/mol. The van der Waals surface area contributed by atoms with Crippen molar-refractivity contribution in [1.29, 1.82) is 0 Å². The maximum atomic E-state index is 12.2. The Labute approximate surface area is 147 Å². The zero-order chi connectivity index (χ0) is 17.3. The molecule has 1 aliphatic heterocycles. The van der Waals surface area contributed by atoms with Gasteiger partial charge < -0.3 is 15.4 Å². The van der Waals surface area contributed by atoms with Gasteiger partial charge in [0.2, 0.25) is 0 Å². The fourth-order valence-corrected chi connectivity index (χ4v) is 3.87. The summed E-state index contributed by atoms with van der Waals surface area (Å²) in [4.78, 5) is 12.2. The number of para-hydroxylation sites is 1. The van der Waals surface area contributed by atoms with E-state index in [1.807, 2.05) is 31.3 Å². The number of aromatic nitrogens is 2. The van der Waals surface area contributed by atoms with Gasteiger partial charge in [-0.25, -0.2) is 4.79 Å². The highest BCUT2D eigenvalue weighted by Crippen LogP contribution is 2.55. The Balaban J connectivity index is 1.25. The molecule has 2 amide bonds. The molecule has 132 valence electrons. The fourth-order valence-electron chi connectivity index (χ4n) is 3.87. The smallest absolute Gasteiger partial charge is 0.315 e. The minimum absolute atomic E-state index is 0.0695. The van der Waals surface area contributed by atoms with Gasteiger partial charge in [0, 0.05) is 29.3 Å². The zero-order valence-electron chi connectivity index (χ0n) is 14.5. The number of nitrogens with zero attached hydrogens (tertiary/aromatic N) is 1. The second-order valence-electron chi connectivity index (χ2n) is 7.03. The molecule has 1 fully saturated rings. The van der Waals surface area contributed by atoms with Crippen molar-refractivity contribution in [1.82, 2.24) is 20.8 Å². The fraction of sp³-hybridized carbons (Fsp3) is 0.474. The number of urea groups is 1. The highest BCUT2D eigenvalue weighted by molar-refractivity contribution is 5.75. The molecule has 0 unspecified atom stereocenters. The second-order valence-corrected chi connectivity index (χ2v) is 7.03. The van der Waals surface area contributed by atoms with E-state index in [1.54, 1.807) is 0 Å². The summed E-state index contributed by atoms with van der Waals surface area (Å²) in [6.45, 7) is 3.40. The predicted octanol–water partition coefficient (Wildman–Crippen LogP) is 2.44. The standard InChI is InChI=1S/C19H24N4O2/c1-13-14(12-21-23-13)5-4-9-20-18(24)22-17-11-19(17)8-10-25-16-7-3-2-6-15(16)19/h2-3,6-7,12,17H,4-5,8-11H2,1H3,(H,21,23)(H2,20,22,24)/t17-,19-/m1/s1. The molecule has 1 aliphatic carbocycles. The van der Waals surface area contributed by atoms with Crippen LogP contribution >= 0.6 is 0 Å². The third-order valence-electron chi connectivity index (χ3n) is 5.45. The molecule has 2 atom stereocenters. The molecule has 3 N–H and O–H groups in total. The van der Waals surface area contributed by atoms with Gasteiger partial charge >= 0.3 is 6.03 Å². The van der Waals surface area contributed by atoms with Crippen LogP contribution in [0.25, 0.3) is 0 Å². The summed E-state index contributed by atoms with van der Waals surface area (Å²) in [6, 6.07) is 8.31. The van der Waals surface area contributed by atoms with Crippen LogP contribution in [0.15, 0.2) is 30.5 Å². The van der Waals surface area contributed by atoms with Crippen molar-refractivity contribution in [2.75, 3.05) is 13.2 Å². The van der Waals surface area contributed by atoms with Gasteiger partial charge in [-0.1, -0.05) is 18.2 Å². The SMILES string of the molecule is Cc1[nH]ncc1CCCNC(=O)N[C@@H]1C[C@@]12CCOc1ccccc12. The molecule has 25 heavy (non-hydrogen) atoms. The number of carbonyl (C=O) groups excluding carboxylic acids is 1. The molecule has 6 heteroatoms. The first-order valence-electron chi connectivity index (χ1n) is 8.94. The van der Waals surface area contributed by atoms with Crippen LogP contribution in [0, 0.1) is 6.92 Å². The van der Waals surface area contributed by atoms with E-state index in [4.69, 9.17) is 4.74 Å². The normalized spacial score (nSPS) is 23.6. The summed E-state index contributed by atoms with van der Waals surface area (Å²) in [5, 5.41) is 13.1. The quantitative estimate of drug-likeness (QED) is 0.732. The van der Waals surface area contributed by atoms with Gasteiger partial charge in [0.25, 0.3) is 0 Å². The molecule has 2 aliphatic rings. The number of H-pyrrole nitrogens is 1. The number of fused-ring (bicyclic) bond motifs is 2. The molecule has 0 bridgehead atoms. The minimum Gasteiger partial charge on any atom is -0.493 e. The van der Waals surface area contributed by atoms with E-state index in [-0.39, 0.29) is 17.5 Å². The molecule has 1 saturated carbocycles. The third-order valence-corrected chi connectivity index (χ3v) is 5.45. The highest BCUT2D eigenvalue weighted by atomic mass is 16.5. The molecule has 0 radical (unpaired) electrons. The lowest BCUT2D eigenvalue weighted by atomic mass is 9.89. The summed E-state index contributed by atoms with van der Waals surface area (Å²) in [5.74, 6) is 0.967. The average Bonchev–Trinajstić information content (AvgIpc) is 3.11. The molecule has 1 aromatic carbocycles. The first-order chi connectivity index (χ1) is 12.2. The number of aromatic amines is 1. The number of aryl methyl sites for hydroxylation is 2. The first-order valence-corrected chi connectivity index (χ1v) is 8.94. The van der Waals surface area contributed by atoms with Crippen molar-refractivity contribution >= 4 is 6.03 Å². The minimum atomic E-state index is -0.0743. The number of ether oxygens (including phenoxy) is 1. The van der Waals surface area contributed by atoms with Crippen LogP contribution in [0.5, 0.6) is 5.75 Å². The van der Waals surface area contributed by atoms with Crippen LogP contribution in [-0.2, 0) is 11.8 Å². The van der Waals surface area contributed by atoms with Gasteiger partial charge in [-0.15, -0.1) is 0 Å². The maximum absolute atomic E-state index is 12.2. The Kier molecular flexibility index (Phi) is 4.11. The van der Waals surface area contributed by atoms with Crippen molar-refractivity contribution in [2.45, 2.75) is 44.1 Å². The van der Waals surface area contributed by atoms with Crippen LogP contribution in [0.4, 0.5) is 4.79 Å². The van der Waals surface area contributed by atoms with Crippen LogP contribution in [-0.4, -0.2) is 35.4 Å². The summed E-state index contributed by atoms with van der Waals surface area (Å²) in [6.07, 6.45) is 5.64. The number of carbonyl (C=O) groups is 1. The van der Waals surface area contributed by atoms with Crippen molar-refractivity contribution in [3.8, 4) is 5.75 Å². The van der Waals surface area contributed by atoms with Crippen LogP contribution < -0.4 is 15.4 Å². The summed E-state index contributed by atoms with van der Waals surface area (Å²) in [5.41, 5.74) is 3.62. The van der Waals surface area contributed by atoms with Crippen molar-refractivity contribution < 1.29 is 9.53 Å². The van der Waals surface area contributed by atoms with Crippen molar-refractivity contribution in [3.63, 3.8) is 0 Å². The number of amides is 2. The average molecular weight is 340 g/mol. The van der Waals surface area contributed by atoms with Crippen molar-refractivity contribution in [3.05, 3.63) is 47.3 Å². The van der Waals surface area contributed by atoms with E-state index in [0.717, 1.165) is 43.7 Å². The second kappa shape index (κ2) is 6.43. The Bertz CT molecular complexity index is 772. The number of nitrogens with one attached hydrogen (secondary N) is 3.